The first-order valence-corrected chi connectivity index (χ1v) is 15.0. The van der Waals surface area contributed by atoms with Crippen molar-refractivity contribution in [1.82, 2.24) is 0 Å². The summed E-state index contributed by atoms with van der Waals surface area (Å²) >= 11 is 3.53. The van der Waals surface area contributed by atoms with Crippen LogP contribution in [0, 0.1) is 0 Å². The number of rotatable bonds is 6. The summed E-state index contributed by atoms with van der Waals surface area (Å²) in [6.45, 7) is 6.73. The maximum atomic E-state index is 13.9. The van der Waals surface area contributed by atoms with Crippen molar-refractivity contribution in [2.24, 2.45) is 4.03 Å². The van der Waals surface area contributed by atoms with Crippen molar-refractivity contribution >= 4 is 44.3 Å². The van der Waals surface area contributed by atoms with E-state index >= 15 is 0 Å². The Kier molecular flexibility index (Phi) is 7.05. The summed E-state index contributed by atoms with van der Waals surface area (Å²) in [4.78, 5) is 0. The highest BCUT2D eigenvalue weighted by Gasteiger charge is 2.36. The van der Waals surface area contributed by atoms with Crippen LogP contribution in [0.3, 0.4) is 0 Å². The molecule has 0 heterocycles. The fraction of sp³-hybridized carbons (Fsp3) is 0.280. The molecule has 2 nitrogen and oxygen atoms in total. The zero-order valence-electron chi connectivity index (χ0n) is 18.1. The summed E-state index contributed by atoms with van der Waals surface area (Å²) in [7, 11) is -5.10. The molecule has 30 heavy (non-hydrogen) atoms. The van der Waals surface area contributed by atoms with E-state index in [1.807, 2.05) is 30.5 Å². The van der Waals surface area contributed by atoms with Gasteiger partial charge in [-0.3, -0.25) is 4.21 Å². The molecule has 1 atom stereocenters. The van der Waals surface area contributed by atoms with Gasteiger partial charge in [-0.2, -0.15) is 10.4 Å². The smallest absolute Gasteiger partial charge is 0.0469 e. The van der Waals surface area contributed by atoms with Crippen LogP contribution >= 0.6 is 15.9 Å². The Morgan fingerprint density at radius 2 is 1.40 bits per heavy atom. The van der Waals surface area contributed by atoms with Gasteiger partial charge >= 0.3 is 0 Å². The van der Waals surface area contributed by atoms with Crippen LogP contribution in [0.15, 0.2) is 93.4 Å². The van der Waals surface area contributed by atoms with Gasteiger partial charge in [0.05, 0.1) is 0 Å². The van der Waals surface area contributed by atoms with Gasteiger partial charge in [-0.1, -0.05) is 109 Å². The zero-order chi connectivity index (χ0) is 21.8. The number of nitrogens with zero attached hydrogens (tertiary/aromatic N) is 1. The van der Waals surface area contributed by atoms with Crippen LogP contribution in [0.1, 0.15) is 26.3 Å². The van der Waals surface area contributed by atoms with Crippen molar-refractivity contribution in [2.45, 2.75) is 32.2 Å². The van der Waals surface area contributed by atoms with E-state index in [0.29, 0.717) is 5.75 Å². The fourth-order valence-electron chi connectivity index (χ4n) is 3.97. The van der Waals surface area contributed by atoms with Gasteiger partial charge in [0.15, 0.2) is 0 Å². The third kappa shape index (κ3) is 5.13. The summed E-state index contributed by atoms with van der Waals surface area (Å²) in [5.74, 6) is 0.550. The maximum Gasteiger partial charge on any atom is 0.0469 e. The van der Waals surface area contributed by atoms with Crippen LogP contribution < -0.4 is 10.4 Å². The number of hydrogen-bond donors (Lipinski definition) is 0. The molecule has 1 unspecified atom stereocenters. The molecule has 0 aromatic heterocycles. The molecule has 0 saturated carbocycles. The average molecular weight is 501 g/mol. The van der Waals surface area contributed by atoms with Crippen LogP contribution in [0.2, 0.25) is 5.04 Å². The Bertz CT molecular complexity index is 1060. The van der Waals surface area contributed by atoms with Crippen LogP contribution in [-0.2, 0) is 16.1 Å². The Morgan fingerprint density at radius 1 is 0.867 bits per heavy atom. The molecule has 0 radical (unpaired) electrons. The normalized spacial score (nSPS) is 14.2. The summed E-state index contributed by atoms with van der Waals surface area (Å²) in [5, 5.41) is 2.28. The molecule has 0 spiro atoms. The van der Waals surface area contributed by atoms with E-state index in [9.17, 15) is 4.21 Å². The lowest BCUT2D eigenvalue weighted by molar-refractivity contribution is 0.678. The van der Waals surface area contributed by atoms with Gasteiger partial charge in [-0.05, 0) is 24.1 Å². The predicted octanol–water partition coefficient (Wildman–Crippen LogP) is 5.65. The van der Waals surface area contributed by atoms with Crippen molar-refractivity contribution in [2.75, 3.05) is 12.0 Å². The van der Waals surface area contributed by atoms with E-state index in [1.54, 1.807) is 0 Å². The molecule has 0 amide bonds. The maximum absolute atomic E-state index is 13.9. The highest BCUT2D eigenvalue weighted by Crippen LogP contribution is 2.37. The third-order valence-electron chi connectivity index (χ3n) is 5.46. The number of aryl methyl sites for hydroxylation is 1. The number of halogens is 1. The summed E-state index contributed by atoms with van der Waals surface area (Å²) in [5.41, 5.74) is 1.18. The van der Waals surface area contributed by atoms with Gasteiger partial charge in [0.1, 0.15) is 0 Å². The second-order valence-corrected chi connectivity index (χ2v) is 16.9. The minimum absolute atomic E-state index is 0.135. The van der Waals surface area contributed by atoms with Crippen LogP contribution in [0.25, 0.3) is 0 Å². The van der Waals surface area contributed by atoms with E-state index in [-0.39, 0.29) is 5.04 Å². The van der Waals surface area contributed by atoms with Gasteiger partial charge in [0, 0.05) is 34.4 Å². The Balaban J connectivity index is 2.15. The second-order valence-electron chi connectivity index (χ2n) is 8.83. The van der Waals surface area contributed by atoms with Gasteiger partial charge in [0.25, 0.3) is 0 Å². The van der Waals surface area contributed by atoms with Gasteiger partial charge < -0.3 is 4.03 Å². The molecule has 3 aromatic carbocycles. The molecule has 5 heteroatoms. The highest BCUT2D eigenvalue weighted by atomic mass is 79.9. The molecule has 159 valence electrons. The molecule has 0 bridgehead atoms. The van der Waals surface area contributed by atoms with E-state index in [1.165, 1.54) is 15.9 Å². The van der Waals surface area contributed by atoms with Crippen molar-refractivity contribution in [3.05, 3.63) is 95.0 Å². The summed E-state index contributed by atoms with van der Waals surface area (Å²) in [6.07, 6.45) is 2.58. The van der Waals surface area contributed by atoms with Crippen LogP contribution in [0.4, 0.5) is 0 Å². The Hall–Kier alpha value is -1.69. The minimum atomic E-state index is -2.69. The Morgan fingerprint density at radius 3 is 1.87 bits per heavy atom. The standard InChI is InChI=1S/C25H30BrNOSSi/c1-25(2,3)30(23-14-7-5-8-15-23,24-16-9-6-10-17-24)27-29(4,28)19-18-21-12-11-13-22(26)20-21/h5-17,20H,18-19H2,1-4H3/q-1. The monoisotopic (exact) mass is 499 g/mol. The summed E-state index contributed by atoms with van der Waals surface area (Å²) < 4.78 is 20.3. The topological polar surface area (TPSA) is 29.4 Å². The predicted molar refractivity (Wildman–Crippen MR) is 137 cm³/mol. The van der Waals surface area contributed by atoms with E-state index in [0.717, 1.165) is 10.9 Å². The van der Waals surface area contributed by atoms with Gasteiger partial charge in [0.2, 0.25) is 0 Å². The average Bonchev–Trinajstić information content (AvgIpc) is 2.71. The van der Waals surface area contributed by atoms with Crippen molar-refractivity contribution < 1.29 is 4.21 Å². The molecule has 0 aliphatic heterocycles. The molecule has 3 aromatic rings. The molecule has 0 aliphatic rings. The van der Waals surface area contributed by atoms with E-state index in [2.05, 4.69) is 97.4 Å². The molecular weight excluding hydrogens is 470 g/mol. The molecule has 0 saturated heterocycles. The first kappa shape index (κ1) is 23.0. The quantitative estimate of drug-likeness (QED) is 0.402. The molecule has 0 N–H and O–H groups in total. The molecule has 0 fully saturated rings. The lowest BCUT2D eigenvalue weighted by Gasteiger charge is -2.52. The molecule has 0 aliphatic carbocycles. The lowest BCUT2D eigenvalue weighted by atomic mass is 10.2. The van der Waals surface area contributed by atoms with Crippen molar-refractivity contribution in [1.29, 1.82) is 0 Å². The highest BCUT2D eigenvalue weighted by molar-refractivity contribution is 9.10. The number of hydrogen-bond acceptors (Lipinski definition) is 2. The SMILES string of the molecule is CC(C)(C)[Si-](N=S(C)(=O)CCc1cccc(Br)c1)(c1ccccc1)c1ccccc1. The summed E-state index contributed by atoms with van der Waals surface area (Å²) in [6, 6.07) is 29.2. The van der Waals surface area contributed by atoms with Crippen LogP contribution in [0.5, 0.6) is 0 Å². The van der Waals surface area contributed by atoms with Crippen molar-refractivity contribution in [3.63, 3.8) is 0 Å². The van der Waals surface area contributed by atoms with E-state index in [4.69, 9.17) is 4.03 Å². The third-order valence-corrected chi connectivity index (χ3v) is 14.1. The second kappa shape index (κ2) is 9.21. The minimum Gasteiger partial charge on any atom is -0.415 e. The zero-order valence-corrected chi connectivity index (χ0v) is 21.5. The largest absolute Gasteiger partial charge is 0.415 e. The number of benzene rings is 3. The Labute approximate surface area is 191 Å². The van der Waals surface area contributed by atoms with Gasteiger partial charge in [-0.25, -0.2) is 0 Å². The van der Waals surface area contributed by atoms with E-state index < -0.39 is 18.0 Å². The fourth-order valence-corrected chi connectivity index (χ4v) is 13.1. The van der Waals surface area contributed by atoms with Gasteiger partial charge in [-0.15, -0.1) is 5.04 Å². The lowest BCUT2D eigenvalue weighted by Crippen LogP contribution is -2.63. The molecular formula is C25H30BrNOSSi-. The first-order chi connectivity index (χ1) is 14.1. The first-order valence-electron chi connectivity index (χ1n) is 10.2. The molecule has 3 rings (SSSR count). The van der Waals surface area contributed by atoms with Crippen LogP contribution in [-0.4, -0.2) is 24.5 Å². The van der Waals surface area contributed by atoms with Crippen molar-refractivity contribution in [3.8, 4) is 0 Å².